The Labute approximate surface area is 104 Å². The highest BCUT2D eigenvalue weighted by Gasteiger charge is 2.16. The van der Waals surface area contributed by atoms with Gasteiger partial charge in [-0.3, -0.25) is 4.79 Å². The van der Waals surface area contributed by atoms with Crippen LogP contribution in [0.5, 0.6) is 0 Å². The van der Waals surface area contributed by atoms with E-state index >= 15 is 0 Å². The van der Waals surface area contributed by atoms with Crippen molar-refractivity contribution in [2.75, 3.05) is 12.4 Å². The number of carbonyl (C=O) groups is 1. The van der Waals surface area contributed by atoms with Gasteiger partial charge in [0.15, 0.2) is 0 Å². The molecule has 0 aliphatic heterocycles. The lowest BCUT2D eigenvalue weighted by molar-refractivity contribution is -0.141. The third kappa shape index (κ3) is 2.97. The van der Waals surface area contributed by atoms with E-state index in [1.807, 2.05) is 0 Å². The number of methoxy groups -OCH3 is 1. The fourth-order valence-corrected chi connectivity index (χ4v) is 1.46. The molecule has 0 spiro atoms. The Balaban J connectivity index is 2.97. The highest BCUT2D eigenvalue weighted by Crippen LogP contribution is 2.16. The summed E-state index contributed by atoms with van der Waals surface area (Å²) in [6, 6.07) is -0.601. The van der Waals surface area contributed by atoms with E-state index in [2.05, 4.69) is 15.2 Å². The molecule has 1 atom stereocenters. The quantitative estimate of drug-likeness (QED) is 0.813. The van der Waals surface area contributed by atoms with Crippen LogP contribution in [-0.2, 0) is 16.1 Å². The molecule has 7 heteroatoms. The number of hydrogen-bond donors (Lipinski definition) is 1. The molecule has 1 N–H and O–H groups in total. The first-order valence-electron chi connectivity index (χ1n) is 5.11. The monoisotopic (exact) mass is 259 g/mol. The molecule has 0 aromatic carbocycles. The molecule has 1 unspecified atom stereocenters. The topological polar surface area (TPSA) is 73.2 Å². The van der Waals surface area contributed by atoms with Gasteiger partial charge < -0.3 is 10.1 Å². The fraction of sp³-hybridized carbons (Fsp3) is 0.500. The third-order valence-corrected chi connectivity index (χ3v) is 2.58. The lowest BCUT2D eigenvalue weighted by atomic mass is 10.3. The van der Waals surface area contributed by atoms with Crippen LogP contribution in [0.2, 0.25) is 5.02 Å². The second-order valence-electron chi connectivity index (χ2n) is 3.38. The Kier molecular flexibility index (Phi) is 4.51. The molecule has 17 heavy (non-hydrogen) atoms. The molecule has 6 nitrogen and oxygen atoms in total. The Morgan fingerprint density at radius 3 is 2.88 bits per heavy atom. The number of hydrogen-bond acceptors (Lipinski definition) is 5. The molecule has 1 heterocycles. The number of aromatic nitrogens is 2. The third-order valence-electron chi connectivity index (χ3n) is 2.21. The normalized spacial score (nSPS) is 12.0. The summed E-state index contributed by atoms with van der Waals surface area (Å²) in [5.74, 6) is -0.444. The first kappa shape index (κ1) is 13.5. The van der Waals surface area contributed by atoms with Gasteiger partial charge in [0.2, 0.25) is 0 Å². The van der Waals surface area contributed by atoms with E-state index in [0.29, 0.717) is 12.2 Å². The van der Waals surface area contributed by atoms with Crippen LogP contribution in [0.15, 0.2) is 11.0 Å². The summed E-state index contributed by atoms with van der Waals surface area (Å²) in [7, 11) is 1.29. The minimum Gasteiger partial charge on any atom is -0.467 e. The highest BCUT2D eigenvalue weighted by atomic mass is 35.5. The van der Waals surface area contributed by atoms with Crippen molar-refractivity contribution in [2.45, 2.75) is 26.4 Å². The maximum atomic E-state index is 11.7. The molecular weight excluding hydrogens is 246 g/mol. The average Bonchev–Trinajstić information content (AvgIpc) is 2.34. The van der Waals surface area contributed by atoms with Crippen molar-refractivity contribution in [3.63, 3.8) is 0 Å². The van der Waals surface area contributed by atoms with Crippen molar-refractivity contribution in [1.82, 2.24) is 9.78 Å². The van der Waals surface area contributed by atoms with Gasteiger partial charge in [-0.05, 0) is 13.8 Å². The molecule has 0 fully saturated rings. The first-order chi connectivity index (χ1) is 8.01. The Bertz CT molecular complexity index is 472. The van der Waals surface area contributed by atoms with Crippen LogP contribution < -0.4 is 10.9 Å². The van der Waals surface area contributed by atoms with Crippen molar-refractivity contribution >= 4 is 23.3 Å². The lowest BCUT2D eigenvalue weighted by Gasteiger charge is -2.14. The second-order valence-corrected chi connectivity index (χ2v) is 3.76. The van der Waals surface area contributed by atoms with Crippen molar-refractivity contribution < 1.29 is 9.53 Å². The van der Waals surface area contributed by atoms with Crippen LogP contribution in [0, 0.1) is 0 Å². The number of rotatable bonds is 4. The molecule has 1 aromatic rings. The van der Waals surface area contributed by atoms with E-state index < -0.39 is 17.6 Å². The largest absolute Gasteiger partial charge is 0.467 e. The predicted octanol–water partition coefficient (Wildman–Crippen LogP) is 0.890. The molecule has 1 rings (SSSR count). The summed E-state index contributed by atoms with van der Waals surface area (Å²) in [5.41, 5.74) is -0.0736. The molecule has 1 aromatic heterocycles. The Morgan fingerprint density at radius 1 is 1.71 bits per heavy atom. The smallest absolute Gasteiger partial charge is 0.327 e. The van der Waals surface area contributed by atoms with Gasteiger partial charge in [0, 0.05) is 6.54 Å². The maximum absolute atomic E-state index is 11.7. The molecule has 0 saturated heterocycles. The zero-order valence-corrected chi connectivity index (χ0v) is 10.6. The van der Waals surface area contributed by atoms with Crippen LogP contribution in [0.4, 0.5) is 5.69 Å². The lowest BCUT2D eigenvalue weighted by Crippen LogP contribution is -2.30. The van der Waals surface area contributed by atoms with Gasteiger partial charge in [-0.2, -0.15) is 5.10 Å². The van der Waals surface area contributed by atoms with Gasteiger partial charge >= 0.3 is 5.97 Å². The zero-order valence-electron chi connectivity index (χ0n) is 9.86. The first-order valence-corrected chi connectivity index (χ1v) is 5.49. The standard InChI is InChI=1S/C10H14ClN3O3/c1-4-14-9(15)8(11)7(5-12-14)13-6(2)10(16)17-3/h5-6,13H,4H2,1-3H3. The SMILES string of the molecule is CCn1ncc(NC(C)C(=O)OC)c(Cl)c1=O. The number of anilines is 1. The summed E-state index contributed by atoms with van der Waals surface area (Å²) in [5, 5.41) is 6.68. The van der Waals surface area contributed by atoms with Gasteiger partial charge in [-0.15, -0.1) is 0 Å². The van der Waals surface area contributed by atoms with Crippen LogP contribution in [0.1, 0.15) is 13.8 Å². The number of aryl methyl sites for hydroxylation is 1. The fourth-order valence-electron chi connectivity index (χ4n) is 1.26. The number of carbonyl (C=O) groups excluding carboxylic acids is 1. The van der Waals surface area contributed by atoms with E-state index in [1.165, 1.54) is 18.0 Å². The number of ether oxygens (including phenoxy) is 1. The van der Waals surface area contributed by atoms with E-state index in [4.69, 9.17) is 11.6 Å². The Morgan fingerprint density at radius 2 is 2.35 bits per heavy atom. The Hall–Kier alpha value is -1.56. The van der Waals surface area contributed by atoms with Crippen molar-refractivity contribution in [3.05, 3.63) is 21.6 Å². The van der Waals surface area contributed by atoms with Crippen molar-refractivity contribution in [3.8, 4) is 0 Å². The van der Waals surface area contributed by atoms with Gasteiger partial charge in [0.25, 0.3) is 5.56 Å². The number of nitrogens with one attached hydrogen (secondary N) is 1. The van der Waals surface area contributed by atoms with Crippen molar-refractivity contribution in [1.29, 1.82) is 0 Å². The van der Waals surface area contributed by atoms with Gasteiger partial charge in [-0.25, -0.2) is 9.48 Å². The molecule has 0 saturated carbocycles. The summed E-state index contributed by atoms with van der Waals surface area (Å²) in [6.45, 7) is 3.83. The molecule has 0 radical (unpaired) electrons. The predicted molar refractivity (Wildman–Crippen MR) is 64.3 cm³/mol. The van der Waals surface area contributed by atoms with Crippen LogP contribution in [0.25, 0.3) is 0 Å². The minimum atomic E-state index is -0.601. The highest BCUT2D eigenvalue weighted by molar-refractivity contribution is 6.33. The second kappa shape index (κ2) is 5.67. The van der Waals surface area contributed by atoms with Gasteiger partial charge in [0.1, 0.15) is 11.1 Å². The summed E-state index contributed by atoms with van der Waals surface area (Å²) in [4.78, 5) is 22.9. The van der Waals surface area contributed by atoms with Gasteiger partial charge in [-0.1, -0.05) is 11.6 Å². The van der Waals surface area contributed by atoms with Crippen molar-refractivity contribution in [2.24, 2.45) is 0 Å². The minimum absolute atomic E-state index is 0.0117. The number of nitrogens with zero attached hydrogens (tertiary/aromatic N) is 2. The summed E-state index contributed by atoms with van der Waals surface area (Å²) < 4.78 is 5.78. The maximum Gasteiger partial charge on any atom is 0.327 e. The van der Waals surface area contributed by atoms with Crippen LogP contribution in [-0.4, -0.2) is 28.9 Å². The average molecular weight is 260 g/mol. The van der Waals surface area contributed by atoms with E-state index in [9.17, 15) is 9.59 Å². The molecule has 0 aliphatic carbocycles. The number of esters is 1. The van der Waals surface area contributed by atoms with Gasteiger partial charge in [0.05, 0.1) is 19.0 Å². The molecule has 0 bridgehead atoms. The molecule has 0 amide bonds. The van der Waals surface area contributed by atoms with E-state index in [0.717, 1.165) is 0 Å². The summed E-state index contributed by atoms with van der Waals surface area (Å²) in [6.07, 6.45) is 1.41. The molecule has 0 aliphatic rings. The number of halogens is 1. The van der Waals surface area contributed by atoms with E-state index in [-0.39, 0.29) is 5.02 Å². The summed E-state index contributed by atoms with van der Waals surface area (Å²) >= 11 is 5.88. The zero-order chi connectivity index (χ0) is 13.0. The molecular formula is C10H14ClN3O3. The van der Waals surface area contributed by atoms with Crippen LogP contribution >= 0.6 is 11.6 Å². The van der Waals surface area contributed by atoms with E-state index in [1.54, 1.807) is 13.8 Å². The van der Waals surface area contributed by atoms with Crippen LogP contribution in [0.3, 0.4) is 0 Å². The molecule has 94 valence electrons.